The summed E-state index contributed by atoms with van der Waals surface area (Å²) < 4.78 is 5.12. The molecule has 0 bridgehead atoms. The zero-order chi connectivity index (χ0) is 17.4. The monoisotopic (exact) mass is 344 g/mol. The van der Waals surface area contributed by atoms with Gasteiger partial charge in [-0.1, -0.05) is 60.1 Å². The summed E-state index contributed by atoms with van der Waals surface area (Å²) in [5.41, 5.74) is 1.57. The van der Waals surface area contributed by atoms with Crippen LogP contribution in [0.5, 0.6) is 0 Å². The van der Waals surface area contributed by atoms with Crippen molar-refractivity contribution in [1.82, 2.24) is 5.32 Å². The van der Waals surface area contributed by atoms with Crippen LogP contribution in [0.4, 0.5) is 4.79 Å². The molecular formula is C18H17ClN2O3. The molecule has 0 aliphatic carbocycles. The Morgan fingerprint density at radius 1 is 1.21 bits per heavy atom. The van der Waals surface area contributed by atoms with Gasteiger partial charge in [0.1, 0.15) is 6.61 Å². The number of benzene rings is 2. The summed E-state index contributed by atoms with van der Waals surface area (Å²) in [5.74, 6) is 0. The lowest BCUT2D eigenvalue weighted by molar-refractivity contribution is 0.119. The Bertz CT molecular complexity index is 716. The molecule has 124 valence electrons. The fraction of sp³-hybridized carbons (Fsp3) is 0.222. The van der Waals surface area contributed by atoms with E-state index in [1.165, 1.54) is 0 Å². The minimum absolute atomic E-state index is 0.105. The van der Waals surface area contributed by atoms with Crippen LogP contribution in [0, 0.1) is 11.3 Å². The van der Waals surface area contributed by atoms with Crippen molar-refractivity contribution < 1.29 is 14.6 Å². The quantitative estimate of drug-likeness (QED) is 0.789. The number of rotatable bonds is 6. The normalized spacial score (nSPS) is 12.7. The molecule has 0 aliphatic heterocycles. The van der Waals surface area contributed by atoms with Crippen LogP contribution < -0.4 is 5.32 Å². The number of aliphatic hydroxyl groups is 1. The molecule has 0 saturated heterocycles. The second kappa shape index (κ2) is 8.92. The van der Waals surface area contributed by atoms with Gasteiger partial charge in [0.2, 0.25) is 0 Å². The van der Waals surface area contributed by atoms with Gasteiger partial charge in [-0.25, -0.2) is 4.79 Å². The number of nitriles is 1. The third-order valence-electron chi connectivity index (χ3n) is 3.43. The molecule has 2 N–H and O–H groups in total. The first-order valence-electron chi connectivity index (χ1n) is 7.38. The predicted octanol–water partition coefficient (Wildman–Crippen LogP) is 3.06. The molecule has 0 aliphatic rings. The van der Waals surface area contributed by atoms with Gasteiger partial charge in [-0.05, 0) is 23.6 Å². The molecule has 24 heavy (non-hydrogen) atoms. The lowest BCUT2D eigenvalue weighted by atomic mass is 10.0. The van der Waals surface area contributed by atoms with Crippen molar-refractivity contribution in [1.29, 1.82) is 5.26 Å². The van der Waals surface area contributed by atoms with Gasteiger partial charge in [0.05, 0.1) is 12.1 Å². The second-order valence-electron chi connectivity index (χ2n) is 5.18. The first kappa shape index (κ1) is 17.8. The Kier molecular flexibility index (Phi) is 6.62. The third-order valence-corrected chi connectivity index (χ3v) is 3.80. The molecule has 1 unspecified atom stereocenters. The highest BCUT2D eigenvalue weighted by Crippen LogP contribution is 2.17. The van der Waals surface area contributed by atoms with Crippen molar-refractivity contribution in [3.8, 4) is 6.07 Å². The van der Waals surface area contributed by atoms with Crippen LogP contribution >= 0.6 is 11.6 Å². The van der Waals surface area contributed by atoms with Gasteiger partial charge in [0, 0.05) is 5.02 Å². The van der Waals surface area contributed by atoms with E-state index in [0.717, 1.165) is 11.1 Å². The number of ether oxygens (including phenoxy) is 1. The molecule has 0 saturated carbocycles. The van der Waals surface area contributed by atoms with Gasteiger partial charge in [-0.3, -0.25) is 0 Å². The molecule has 1 amide bonds. The average Bonchev–Trinajstić information content (AvgIpc) is 2.61. The van der Waals surface area contributed by atoms with Gasteiger partial charge in [0.25, 0.3) is 0 Å². The van der Waals surface area contributed by atoms with Gasteiger partial charge in [-0.2, -0.15) is 5.26 Å². The lowest BCUT2D eigenvalue weighted by Crippen LogP contribution is -2.44. The van der Waals surface area contributed by atoms with Crippen molar-refractivity contribution in [3.63, 3.8) is 0 Å². The molecule has 0 aromatic heterocycles. The zero-order valence-electron chi connectivity index (χ0n) is 12.9. The molecule has 5 nitrogen and oxygen atoms in total. The fourth-order valence-corrected chi connectivity index (χ4v) is 2.36. The van der Waals surface area contributed by atoms with E-state index in [-0.39, 0.29) is 13.0 Å². The van der Waals surface area contributed by atoms with E-state index in [9.17, 15) is 9.90 Å². The summed E-state index contributed by atoms with van der Waals surface area (Å²) >= 11 is 6.09. The van der Waals surface area contributed by atoms with Crippen molar-refractivity contribution >= 4 is 17.7 Å². The molecule has 2 aromatic carbocycles. The maximum atomic E-state index is 11.9. The van der Waals surface area contributed by atoms with Gasteiger partial charge >= 0.3 is 6.09 Å². The van der Waals surface area contributed by atoms with Crippen molar-refractivity contribution in [2.75, 3.05) is 0 Å². The maximum absolute atomic E-state index is 11.9. The molecule has 2 rings (SSSR count). The molecule has 0 spiro atoms. The summed E-state index contributed by atoms with van der Waals surface area (Å²) in [6, 6.07) is 17.2. The summed E-state index contributed by atoms with van der Waals surface area (Å²) in [4.78, 5) is 11.9. The van der Waals surface area contributed by atoms with Crippen molar-refractivity contribution in [2.45, 2.75) is 25.2 Å². The van der Waals surface area contributed by atoms with Crippen molar-refractivity contribution in [3.05, 3.63) is 70.7 Å². The van der Waals surface area contributed by atoms with Crippen molar-refractivity contribution in [2.24, 2.45) is 0 Å². The van der Waals surface area contributed by atoms with E-state index in [0.29, 0.717) is 5.02 Å². The summed E-state index contributed by atoms with van der Waals surface area (Å²) in [7, 11) is 0. The molecular weight excluding hydrogens is 328 g/mol. The first-order valence-corrected chi connectivity index (χ1v) is 7.76. The van der Waals surface area contributed by atoms with Crippen LogP contribution in [0.15, 0.2) is 54.6 Å². The Hall–Kier alpha value is -2.55. The highest BCUT2D eigenvalue weighted by Gasteiger charge is 2.23. The number of aliphatic hydroxyl groups excluding tert-OH is 1. The summed E-state index contributed by atoms with van der Waals surface area (Å²) in [6.07, 6.45) is -1.86. The number of carbonyl (C=O) groups is 1. The van der Waals surface area contributed by atoms with Crippen LogP contribution in [-0.4, -0.2) is 23.3 Å². The second-order valence-corrected chi connectivity index (χ2v) is 5.59. The molecule has 2 atom stereocenters. The number of alkyl carbamates (subject to hydrolysis) is 1. The summed E-state index contributed by atoms with van der Waals surface area (Å²) in [6.45, 7) is 0.105. The SMILES string of the molecule is N#CC(O)[C@@H](Cc1ccccc1Cl)NC(=O)OCc1ccccc1. The van der Waals surface area contributed by atoms with Crippen LogP contribution in [0.25, 0.3) is 0 Å². The highest BCUT2D eigenvalue weighted by atomic mass is 35.5. The van der Waals surface area contributed by atoms with E-state index in [1.54, 1.807) is 30.3 Å². The first-order chi connectivity index (χ1) is 11.6. The molecule has 0 radical (unpaired) electrons. The van der Waals surface area contributed by atoms with Crippen LogP contribution in [-0.2, 0) is 17.8 Å². The van der Waals surface area contributed by atoms with Gasteiger partial charge in [0.15, 0.2) is 6.10 Å². The number of amides is 1. The summed E-state index contributed by atoms with van der Waals surface area (Å²) in [5, 5.41) is 21.8. The Balaban J connectivity index is 1.97. The standard InChI is InChI=1S/C18H17ClN2O3/c19-15-9-5-4-8-14(15)10-16(17(22)11-20)21-18(23)24-12-13-6-2-1-3-7-13/h1-9,16-17,22H,10,12H2,(H,21,23)/t16-,17?/m1/s1. The topological polar surface area (TPSA) is 82.4 Å². The van der Waals surface area contributed by atoms with Crippen LogP contribution in [0.2, 0.25) is 5.02 Å². The Morgan fingerprint density at radius 2 is 1.88 bits per heavy atom. The highest BCUT2D eigenvalue weighted by molar-refractivity contribution is 6.31. The number of hydrogen-bond acceptors (Lipinski definition) is 4. The zero-order valence-corrected chi connectivity index (χ0v) is 13.6. The van der Waals surface area contributed by atoms with E-state index in [1.807, 2.05) is 30.3 Å². The largest absolute Gasteiger partial charge is 0.445 e. The Labute approximate surface area is 145 Å². The van der Waals surface area contributed by atoms with Crippen LogP contribution in [0.1, 0.15) is 11.1 Å². The molecule has 2 aromatic rings. The fourth-order valence-electron chi connectivity index (χ4n) is 2.15. The Morgan fingerprint density at radius 3 is 2.54 bits per heavy atom. The van der Waals surface area contributed by atoms with E-state index < -0.39 is 18.2 Å². The van der Waals surface area contributed by atoms with E-state index in [4.69, 9.17) is 21.6 Å². The lowest BCUT2D eigenvalue weighted by Gasteiger charge is -2.20. The number of nitrogens with zero attached hydrogens (tertiary/aromatic N) is 1. The average molecular weight is 345 g/mol. The minimum Gasteiger partial charge on any atom is -0.445 e. The van der Waals surface area contributed by atoms with E-state index in [2.05, 4.69) is 5.32 Å². The molecule has 0 fully saturated rings. The smallest absolute Gasteiger partial charge is 0.407 e. The minimum atomic E-state index is -1.37. The molecule has 0 heterocycles. The van der Waals surface area contributed by atoms with Gasteiger partial charge in [-0.15, -0.1) is 0 Å². The molecule has 6 heteroatoms. The van der Waals surface area contributed by atoms with E-state index >= 15 is 0 Å². The number of hydrogen-bond donors (Lipinski definition) is 2. The third kappa shape index (κ3) is 5.27. The number of halogens is 1. The van der Waals surface area contributed by atoms with Gasteiger partial charge < -0.3 is 15.2 Å². The van der Waals surface area contributed by atoms with Crippen LogP contribution in [0.3, 0.4) is 0 Å². The predicted molar refractivity (Wildman–Crippen MR) is 90.3 cm³/mol. The maximum Gasteiger partial charge on any atom is 0.407 e. The number of nitrogens with one attached hydrogen (secondary N) is 1. The number of carbonyl (C=O) groups excluding carboxylic acids is 1.